The summed E-state index contributed by atoms with van der Waals surface area (Å²) in [5, 5.41) is 2.84. The van der Waals surface area contributed by atoms with Crippen molar-refractivity contribution in [3.63, 3.8) is 0 Å². The highest BCUT2D eigenvalue weighted by Crippen LogP contribution is 2.61. The summed E-state index contributed by atoms with van der Waals surface area (Å²) in [6.07, 6.45) is 13.2. The standard InChI is InChI=1S/C35H59N3O3/c1-34(2,3)41-33(39)36-21-10-8-9-11-24-40-27-14-16-28-26(25-27)13-15-30-29(28)19-20-35(4)31(30)17-18-32(35)38(7)23-12-22-37(5)6/h14,16,25,29-32H,8-13,15,17-24H2,1-7H3,(H,36,39)/t29?,30?,31?,32-,35-/m0/s1. The van der Waals surface area contributed by atoms with Gasteiger partial charge in [-0.3, -0.25) is 0 Å². The third-order valence-corrected chi connectivity index (χ3v) is 10.3. The highest BCUT2D eigenvalue weighted by Gasteiger charge is 2.55. The van der Waals surface area contributed by atoms with E-state index in [0.29, 0.717) is 12.0 Å². The normalized spacial score (nSPS) is 27.3. The second kappa shape index (κ2) is 14.1. The van der Waals surface area contributed by atoms with E-state index in [9.17, 15) is 4.79 Å². The summed E-state index contributed by atoms with van der Waals surface area (Å²) in [6, 6.07) is 7.73. The van der Waals surface area contributed by atoms with Crippen molar-refractivity contribution in [2.75, 3.05) is 47.4 Å². The number of aryl methyl sites for hydroxylation is 1. The number of benzene rings is 1. The largest absolute Gasteiger partial charge is 0.494 e. The fraction of sp³-hybridized carbons (Fsp3) is 0.800. The summed E-state index contributed by atoms with van der Waals surface area (Å²) in [4.78, 5) is 16.7. The highest BCUT2D eigenvalue weighted by atomic mass is 16.6. The van der Waals surface area contributed by atoms with Crippen LogP contribution in [-0.4, -0.2) is 74.9 Å². The summed E-state index contributed by atoms with van der Waals surface area (Å²) >= 11 is 0. The second-order valence-electron chi connectivity index (χ2n) is 14.7. The molecular formula is C35H59N3O3. The lowest BCUT2D eigenvalue weighted by atomic mass is 9.55. The van der Waals surface area contributed by atoms with Gasteiger partial charge in [-0.2, -0.15) is 0 Å². The maximum Gasteiger partial charge on any atom is 0.407 e. The van der Waals surface area contributed by atoms with Crippen molar-refractivity contribution in [1.29, 1.82) is 0 Å². The molecule has 0 heterocycles. The van der Waals surface area contributed by atoms with Gasteiger partial charge >= 0.3 is 6.09 Å². The third kappa shape index (κ3) is 8.40. The van der Waals surface area contributed by atoms with Crippen molar-refractivity contribution in [3.05, 3.63) is 29.3 Å². The molecule has 6 nitrogen and oxygen atoms in total. The van der Waals surface area contributed by atoms with E-state index >= 15 is 0 Å². The summed E-state index contributed by atoms with van der Waals surface area (Å²) in [7, 11) is 6.76. The van der Waals surface area contributed by atoms with E-state index in [1.165, 1.54) is 63.6 Å². The molecule has 1 amide bonds. The number of nitrogens with zero attached hydrogens (tertiary/aromatic N) is 2. The maximum atomic E-state index is 11.7. The molecule has 0 bridgehead atoms. The molecule has 4 rings (SSSR count). The topological polar surface area (TPSA) is 54.0 Å². The molecule has 1 aromatic carbocycles. The van der Waals surface area contributed by atoms with Gasteiger partial charge in [0.2, 0.25) is 0 Å². The van der Waals surface area contributed by atoms with E-state index in [4.69, 9.17) is 9.47 Å². The van der Waals surface area contributed by atoms with Crippen molar-refractivity contribution < 1.29 is 14.3 Å². The smallest absolute Gasteiger partial charge is 0.407 e. The lowest BCUT2D eigenvalue weighted by Gasteiger charge is -2.52. The Hall–Kier alpha value is -1.79. The number of hydrogen-bond donors (Lipinski definition) is 1. The molecule has 2 saturated carbocycles. The minimum Gasteiger partial charge on any atom is -0.494 e. The molecule has 0 saturated heterocycles. The molecule has 1 N–H and O–H groups in total. The molecule has 3 aliphatic carbocycles. The first-order valence-electron chi connectivity index (χ1n) is 16.6. The van der Waals surface area contributed by atoms with E-state index in [-0.39, 0.29) is 6.09 Å². The molecule has 1 aromatic rings. The zero-order chi connectivity index (χ0) is 29.6. The predicted octanol–water partition coefficient (Wildman–Crippen LogP) is 7.26. The van der Waals surface area contributed by atoms with Gasteiger partial charge in [-0.15, -0.1) is 0 Å². The van der Waals surface area contributed by atoms with Crippen molar-refractivity contribution in [2.24, 2.45) is 17.3 Å². The SMILES string of the molecule is CN(C)CCCN(C)[C@H]1CCC2C3CCc4cc(OCCCCCCNC(=O)OC(C)(C)C)ccc4C3CC[C@@]21C. The summed E-state index contributed by atoms with van der Waals surface area (Å²) in [5.74, 6) is 3.48. The Morgan fingerprint density at radius 3 is 2.54 bits per heavy atom. The molecule has 0 spiro atoms. The minimum atomic E-state index is -0.445. The maximum absolute atomic E-state index is 11.7. The highest BCUT2D eigenvalue weighted by molar-refractivity contribution is 5.67. The van der Waals surface area contributed by atoms with Gasteiger partial charge in [-0.05, 0) is 159 Å². The monoisotopic (exact) mass is 569 g/mol. The van der Waals surface area contributed by atoms with Crippen molar-refractivity contribution in [2.45, 2.75) is 116 Å². The van der Waals surface area contributed by atoms with Gasteiger partial charge < -0.3 is 24.6 Å². The van der Waals surface area contributed by atoms with Crippen LogP contribution in [0, 0.1) is 17.3 Å². The zero-order valence-electron chi connectivity index (χ0n) is 27.3. The van der Waals surface area contributed by atoms with Gasteiger partial charge in [0, 0.05) is 12.6 Å². The number of rotatable bonds is 13. The molecule has 6 heteroatoms. The Balaban J connectivity index is 1.20. The van der Waals surface area contributed by atoms with E-state index in [0.717, 1.165) is 61.8 Å². The van der Waals surface area contributed by atoms with Gasteiger partial charge in [-0.1, -0.05) is 25.8 Å². The Labute approximate surface area is 250 Å². The Bertz CT molecular complexity index is 989. The van der Waals surface area contributed by atoms with Crippen LogP contribution in [0.4, 0.5) is 4.79 Å². The molecular weight excluding hydrogens is 510 g/mol. The van der Waals surface area contributed by atoms with Gasteiger partial charge in [0.1, 0.15) is 11.4 Å². The van der Waals surface area contributed by atoms with Gasteiger partial charge in [0.05, 0.1) is 6.61 Å². The van der Waals surface area contributed by atoms with Crippen molar-refractivity contribution in [3.8, 4) is 5.75 Å². The van der Waals surface area contributed by atoms with E-state index in [2.05, 4.69) is 61.4 Å². The first kappa shape index (κ1) is 32.1. The van der Waals surface area contributed by atoms with Crippen LogP contribution in [0.3, 0.4) is 0 Å². The number of amides is 1. The molecule has 3 aliphatic rings. The number of fused-ring (bicyclic) bond motifs is 5. The summed E-state index contributed by atoms with van der Waals surface area (Å²) < 4.78 is 11.5. The van der Waals surface area contributed by atoms with Crippen molar-refractivity contribution in [1.82, 2.24) is 15.1 Å². The number of hydrogen-bond acceptors (Lipinski definition) is 5. The zero-order valence-corrected chi connectivity index (χ0v) is 27.3. The van der Waals surface area contributed by atoms with Crippen LogP contribution in [-0.2, 0) is 11.2 Å². The lowest BCUT2D eigenvalue weighted by Crippen LogP contribution is -2.49. The van der Waals surface area contributed by atoms with E-state index in [1.807, 2.05) is 20.8 Å². The van der Waals surface area contributed by atoms with Gasteiger partial charge in [0.15, 0.2) is 0 Å². The van der Waals surface area contributed by atoms with Crippen molar-refractivity contribution >= 4 is 6.09 Å². The second-order valence-corrected chi connectivity index (χ2v) is 14.7. The average Bonchev–Trinajstić information content (AvgIpc) is 3.26. The van der Waals surface area contributed by atoms with Crippen LogP contribution in [0.2, 0.25) is 0 Å². The van der Waals surface area contributed by atoms with Gasteiger partial charge in [0.25, 0.3) is 0 Å². The molecule has 0 aromatic heterocycles. The lowest BCUT2D eigenvalue weighted by molar-refractivity contribution is 0.00697. The fourth-order valence-electron chi connectivity index (χ4n) is 8.41. The van der Waals surface area contributed by atoms with Crippen LogP contribution in [0.1, 0.15) is 109 Å². The van der Waals surface area contributed by atoms with E-state index < -0.39 is 5.60 Å². The van der Waals surface area contributed by atoms with Gasteiger partial charge in [-0.25, -0.2) is 4.79 Å². The third-order valence-electron chi connectivity index (χ3n) is 10.3. The number of carbonyl (C=O) groups excluding carboxylic acids is 1. The Morgan fingerprint density at radius 1 is 1.00 bits per heavy atom. The number of nitrogens with one attached hydrogen (secondary N) is 1. The first-order chi connectivity index (χ1) is 19.5. The molecule has 232 valence electrons. The Kier molecular flexibility index (Phi) is 11.1. The predicted molar refractivity (Wildman–Crippen MR) is 169 cm³/mol. The number of alkyl carbamates (subject to hydrolysis) is 1. The van der Waals surface area contributed by atoms with E-state index in [1.54, 1.807) is 5.56 Å². The summed E-state index contributed by atoms with van der Waals surface area (Å²) in [6.45, 7) is 12.1. The molecule has 41 heavy (non-hydrogen) atoms. The number of carbonyl (C=O) groups is 1. The average molecular weight is 570 g/mol. The summed E-state index contributed by atoms with van der Waals surface area (Å²) in [5.41, 5.74) is 3.19. The van der Waals surface area contributed by atoms with Crippen LogP contribution in [0.15, 0.2) is 18.2 Å². The van der Waals surface area contributed by atoms with Crippen LogP contribution < -0.4 is 10.1 Å². The van der Waals surface area contributed by atoms with Crippen LogP contribution in [0.5, 0.6) is 5.75 Å². The fourth-order valence-corrected chi connectivity index (χ4v) is 8.41. The first-order valence-corrected chi connectivity index (χ1v) is 16.6. The number of unbranched alkanes of at least 4 members (excludes halogenated alkanes) is 3. The number of ether oxygens (including phenoxy) is 2. The Morgan fingerprint density at radius 2 is 1.78 bits per heavy atom. The van der Waals surface area contributed by atoms with Crippen LogP contribution in [0.25, 0.3) is 0 Å². The molecule has 5 atom stereocenters. The quantitative estimate of drug-likeness (QED) is 0.254. The van der Waals surface area contributed by atoms with Crippen LogP contribution >= 0.6 is 0 Å². The molecule has 0 radical (unpaired) electrons. The minimum absolute atomic E-state index is 0.326. The molecule has 0 aliphatic heterocycles. The molecule has 2 fully saturated rings. The molecule has 3 unspecified atom stereocenters.